The number of anilines is 1. The zero-order valence-electron chi connectivity index (χ0n) is 18.9. The third-order valence-corrected chi connectivity index (χ3v) is 4.17. The predicted molar refractivity (Wildman–Crippen MR) is 124 cm³/mol. The van der Waals surface area contributed by atoms with Crippen LogP contribution in [0.15, 0.2) is 41.6 Å². The molecule has 2 amide bonds. The van der Waals surface area contributed by atoms with Gasteiger partial charge in [0.15, 0.2) is 0 Å². The van der Waals surface area contributed by atoms with Crippen LogP contribution in [0.5, 0.6) is 6.01 Å². The maximum atomic E-state index is 11.9. The third kappa shape index (κ3) is 12.4. The van der Waals surface area contributed by atoms with E-state index in [0.29, 0.717) is 71.7 Å². The Bertz CT molecular complexity index is 893. The van der Waals surface area contributed by atoms with Gasteiger partial charge in [0.25, 0.3) is 0 Å². The van der Waals surface area contributed by atoms with E-state index in [-0.39, 0.29) is 12.0 Å². The second-order valence-corrected chi connectivity index (χ2v) is 6.77. The molecule has 1 aromatic carbocycles. The lowest BCUT2D eigenvalue weighted by Gasteiger charge is -2.09. The molecule has 0 saturated carbocycles. The van der Waals surface area contributed by atoms with E-state index in [1.165, 1.54) is 6.20 Å². The average Bonchev–Trinajstić information content (AvgIpc) is 2.85. The number of carbonyl (C=O) groups is 1. The highest BCUT2D eigenvalue weighted by atomic mass is 16.5. The van der Waals surface area contributed by atoms with Crippen molar-refractivity contribution >= 4 is 11.8 Å². The topological polar surface area (TPSA) is 179 Å². The van der Waals surface area contributed by atoms with Crippen molar-refractivity contribution in [2.75, 3.05) is 58.5 Å². The summed E-state index contributed by atoms with van der Waals surface area (Å²) in [6, 6.07) is 9.18. The minimum absolute atomic E-state index is 0.226. The van der Waals surface area contributed by atoms with Crippen LogP contribution < -0.4 is 21.1 Å². The number of aromatic nitrogens is 2. The van der Waals surface area contributed by atoms with Crippen molar-refractivity contribution in [3.05, 3.63) is 58.1 Å². The fourth-order valence-electron chi connectivity index (χ4n) is 2.50. The van der Waals surface area contributed by atoms with Crippen molar-refractivity contribution < 1.29 is 23.7 Å². The highest BCUT2D eigenvalue weighted by molar-refractivity contribution is 5.73. The van der Waals surface area contributed by atoms with E-state index >= 15 is 0 Å². The molecule has 1 heterocycles. The van der Waals surface area contributed by atoms with Gasteiger partial charge in [0, 0.05) is 30.7 Å². The number of hydrogen-bond acceptors (Lipinski definition) is 9. The second-order valence-electron chi connectivity index (χ2n) is 6.77. The average molecular weight is 475 g/mol. The molecular weight excluding hydrogens is 444 g/mol. The molecule has 0 aliphatic carbocycles. The van der Waals surface area contributed by atoms with Crippen molar-refractivity contribution in [1.29, 1.82) is 0 Å². The van der Waals surface area contributed by atoms with E-state index in [4.69, 9.17) is 30.2 Å². The Morgan fingerprint density at radius 2 is 1.65 bits per heavy atom. The normalized spacial score (nSPS) is 10.4. The minimum atomic E-state index is -0.274. The molecule has 184 valence electrons. The fraction of sp³-hybridized carbons (Fsp3) is 0.476. The van der Waals surface area contributed by atoms with Gasteiger partial charge < -0.3 is 35.3 Å². The van der Waals surface area contributed by atoms with E-state index in [1.807, 2.05) is 24.3 Å². The maximum absolute atomic E-state index is 11.9. The number of nitrogens with zero attached hydrogens (tertiary/aromatic N) is 5. The SMILES string of the molecule is [N-]=[N+]=NCCOCCOCCOCCNC(=O)NCc1ccc(COc2nccc(N)n2)cc1. The first-order valence-electron chi connectivity index (χ1n) is 10.7. The molecule has 4 N–H and O–H groups in total. The van der Waals surface area contributed by atoms with Gasteiger partial charge >= 0.3 is 12.0 Å². The Hall–Kier alpha value is -3.64. The van der Waals surface area contributed by atoms with Crippen molar-refractivity contribution in [3.63, 3.8) is 0 Å². The predicted octanol–water partition coefficient (Wildman–Crippen LogP) is 1.80. The summed E-state index contributed by atoms with van der Waals surface area (Å²) >= 11 is 0. The van der Waals surface area contributed by atoms with E-state index in [1.54, 1.807) is 6.07 Å². The first kappa shape index (κ1) is 26.6. The quantitative estimate of drug-likeness (QED) is 0.134. The number of nitrogens with one attached hydrogen (secondary N) is 2. The Morgan fingerprint density at radius 3 is 2.35 bits per heavy atom. The molecule has 0 spiro atoms. The summed E-state index contributed by atoms with van der Waals surface area (Å²) in [6.45, 7) is 3.87. The molecule has 13 nitrogen and oxygen atoms in total. The van der Waals surface area contributed by atoms with E-state index in [0.717, 1.165) is 11.1 Å². The van der Waals surface area contributed by atoms with Gasteiger partial charge in [-0.25, -0.2) is 9.78 Å². The summed E-state index contributed by atoms with van der Waals surface area (Å²) in [5.41, 5.74) is 15.6. The second kappa shape index (κ2) is 16.9. The van der Waals surface area contributed by atoms with Crippen molar-refractivity contribution in [2.45, 2.75) is 13.2 Å². The zero-order chi connectivity index (χ0) is 24.3. The van der Waals surface area contributed by atoms with Crippen LogP contribution in [-0.2, 0) is 27.4 Å². The summed E-state index contributed by atoms with van der Waals surface area (Å²) in [4.78, 5) is 22.5. The molecule has 2 rings (SSSR count). The number of hydrogen-bond donors (Lipinski definition) is 3. The van der Waals surface area contributed by atoms with Gasteiger partial charge in [-0.05, 0) is 22.7 Å². The molecule has 34 heavy (non-hydrogen) atoms. The lowest BCUT2D eigenvalue weighted by Crippen LogP contribution is -2.37. The van der Waals surface area contributed by atoms with Crippen LogP contribution in [0.4, 0.5) is 10.6 Å². The minimum Gasteiger partial charge on any atom is -0.459 e. The van der Waals surface area contributed by atoms with Crippen LogP contribution in [-0.4, -0.2) is 68.7 Å². The van der Waals surface area contributed by atoms with Crippen LogP contribution in [0.1, 0.15) is 11.1 Å². The molecule has 13 heteroatoms. The number of carbonyl (C=O) groups excluding carboxylic acids is 1. The van der Waals surface area contributed by atoms with Crippen LogP contribution >= 0.6 is 0 Å². The number of ether oxygens (including phenoxy) is 4. The molecular formula is C21H30N8O5. The number of nitrogen functional groups attached to an aromatic ring is 1. The van der Waals surface area contributed by atoms with Crippen molar-refractivity contribution in [3.8, 4) is 6.01 Å². The molecule has 0 radical (unpaired) electrons. The number of rotatable bonds is 17. The molecule has 2 aromatic rings. The summed E-state index contributed by atoms with van der Waals surface area (Å²) in [7, 11) is 0. The van der Waals surface area contributed by atoms with Gasteiger partial charge in [-0.3, -0.25) is 0 Å². The highest BCUT2D eigenvalue weighted by Crippen LogP contribution is 2.09. The molecule has 0 aliphatic rings. The lowest BCUT2D eigenvalue weighted by atomic mass is 10.1. The zero-order valence-corrected chi connectivity index (χ0v) is 18.9. The summed E-state index contributed by atoms with van der Waals surface area (Å²) < 4.78 is 21.4. The maximum Gasteiger partial charge on any atom is 0.318 e. The first-order valence-corrected chi connectivity index (χ1v) is 10.7. The van der Waals surface area contributed by atoms with Crippen molar-refractivity contribution in [1.82, 2.24) is 20.6 Å². The van der Waals surface area contributed by atoms with Gasteiger partial charge in [-0.1, -0.05) is 29.4 Å². The van der Waals surface area contributed by atoms with Gasteiger partial charge in [-0.2, -0.15) is 4.98 Å². The van der Waals surface area contributed by atoms with E-state index in [2.05, 4.69) is 30.6 Å². The summed E-state index contributed by atoms with van der Waals surface area (Å²) in [6.07, 6.45) is 1.54. The molecule has 0 saturated heterocycles. The molecule has 0 fully saturated rings. The van der Waals surface area contributed by atoms with Crippen LogP contribution in [0.25, 0.3) is 10.4 Å². The number of nitrogens with two attached hydrogens (primary N) is 1. The fourth-order valence-corrected chi connectivity index (χ4v) is 2.50. The Morgan fingerprint density at radius 1 is 0.971 bits per heavy atom. The van der Waals surface area contributed by atoms with Crippen LogP contribution in [0.2, 0.25) is 0 Å². The monoisotopic (exact) mass is 474 g/mol. The molecule has 0 unspecified atom stereocenters. The van der Waals surface area contributed by atoms with Crippen LogP contribution in [0.3, 0.4) is 0 Å². The Kier molecular flexibility index (Phi) is 13.2. The molecule has 1 aromatic heterocycles. The van der Waals surface area contributed by atoms with Crippen LogP contribution in [0, 0.1) is 0 Å². The third-order valence-electron chi connectivity index (χ3n) is 4.17. The number of benzene rings is 1. The highest BCUT2D eigenvalue weighted by Gasteiger charge is 2.02. The molecule has 0 atom stereocenters. The summed E-state index contributed by atoms with van der Waals surface area (Å²) in [5, 5.41) is 8.88. The van der Waals surface area contributed by atoms with Gasteiger partial charge in [-0.15, -0.1) is 0 Å². The van der Waals surface area contributed by atoms with Gasteiger partial charge in [0.05, 0.1) is 39.6 Å². The number of azide groups is 1. The molecule has 0 aliphatic heterocycles. The lowest BCUT2D eigenvalue weighted by molar-refractivity contribution is 0.0169. The smallest absolute Gasteiger partial charge is 0.318 e. The Labute approximate surface area is 197 Å². The largest absolute Gasteiger partial charge is 0.459 e. The summed E-state index contributed by atoms with van der Waals surface area (Å²) in [5.74, 6) is 0.351. The number of amides is 2. The Balaban J connectivity index is 1.45. The van der Waals surface area contributed by atoms with Crippen molar-refractivity contribution in [2.24, 2.45) is 5.11 Å². The van der Waals surface area contributed by atoms with Gasteiger partial charge in [0.1, 0.15) is 12.4 Å². The molecule has 0 bridgehead atoms. The van der Waals surface area contributed by atoms with Gasteiger partial charge in [0.2, 0.25) is 0 Å². The van der Waals surface area contributed by atoms with E-state index < -0.39 is 0 Å². The number of urea groups is 1. The first-order chi connectivity index (χ1) is 16.7. The van der Waals surface area contributed by atoms with E-state index in [9.17, 15) is 4.79 Å². The standard InChI is InChI=1S/C21H30N8O5/c22-19-5-6-25-21(28-19)34-16-18-3-1-17(2-4-18)15-26-20(30)24-7-9-31-11-13-33-14-12-32-10-8-27-29-23/h1-6H,7-16H2,(H2,22,25,28)(H2,24,26,30).